The molecule has 0 aromatic heterocycles. The Labute approximate surface area is 141 Å². The Kier molecular flexibility index (Phi) is 3.04. The highest BCUT2D eigenvalue weighted by atomic mass is 16.5. The molecule has 2 aliphatic rings. The molecule has 0 bridgehead atoms. The van der Waals surface area contributed by atoms with E-state index in [1.54, 1.807) is 12.0 Å². The molecule has 2 aliphatic heterocycles. The van der Waals surface area contributed by atoms with Gasteiger partial charge in [0.25, 0.3) is 0 Å². The number of hydrogen-bond acceptors (Lipinski definition) is 4. The highest BCUT2D eigenvalue weighted by Gasteiger charge is 2.43. The van der Waals surface area contributed by atoms with E-state index >= 15 is 0 Å². The lowest BCUT2D eigenvalue weighted by molar-refractivity contribution is -0.121. The first-order chi connectivity index (χ1) is 11.4. The Morgan fingerprint density at radius 2 is 1.71 bits per heavy atom. The van der Waals surface area contributed by atoms with E-state index in [9.17, 15) is 4.79 Å². The van der Waals surface area contributed by atoms with Crippen LogP contribution in [0.25, 0.3) is 0 Å². The molecule has 0 aliphatic carbocycles. The van der Waals surface area contributed by atoms with Gasteiger partial charge < -0.3 is 20.3 Å². The largest absolute Gasteiger partial charge is 0.497 e. The SMILES string of the molecule is COc1ccc(C2Nc3cc4c(cc3N2)C(C)(C)C(=O)N4C)cc1. The van der Waals surface area contributed by atoms with Crippen molar-refractivity contribution in [2.24, 2.45) is 0 Å². The zero-order chi connectivity index (χ0) is 17.1. The fourth-order valence-corrected chi connectivity index (χ4v) is 3.56. The molecule has 4 rings (SSSR count). The zero-order valence-electron chi connectivity index (χ0n) is 14.3. The standard InChI is InChI=1S/C19H21N3O2/c1-19(2)13-9-14-15(10-16(13)22(3)18(19)23)21-17(20-14)11-5-7-12(24-4)8-6-11/h5-10,17,20-21H,1-4H3. The van der Waals surface area contributed by atoms with Gasteiger partial charge in [0.15, 0.2) is 0 Å². The molecule has 1 unspecified atom stereocenters. The van der Waals surface area contributed by atoms with Crippen LogP contribution in [-0.2, 0) is 10.2 Å². The van der Waals surface area contributed by atoms with Gasteiger partial charge in [0, 0.05) is 12.7 Å². The molecule has 0 spiro atoms. The van der Waals surface area contributed by atoms with Gasteiger partial charge in [-0.15, -0.1) is 0 Å². The van der Waals surface area contributed by atoms with E-state index in [0.717, 1.165) is 33.9 Å². The fourth-order valence-electron chi connectivity index (χ4n) is 3.56. The summed E-state index contributed by atoms with van der Waals surface area (Å²) in [4.78, 5) is 14.2. The molecule has 1 atom stereocenters. The molecule has 2 aromatic rings. The fraction of sp³-hybridized carbons (Fsp3) is 0.316. The number of nitrogens with zero attached hydrogens (tertiary/aromatic N) is 1. The summed E-state index contributed by atoms with van der Waals surface area (Å²) < 4.78 is 5.21. The Morgan fingerprint density at radius 3 is 2.33 bits per heavy atom. The summed E-state index contributed by atoms with van der Waals surface area (Å²) in [6, 6.07) is 12.2. The summed E-state index contributed by atoms with van der Waals surface area (Å²) in [5.74, 6) is 0.975. The van der Waals surface area contributed by atoms with E-state index < -0.39 is 5.41 Å². The van der Waals surface area contributed by atoms with Crippen molar-refractivity contribution in [2.45, 2.75) is 25.4 Å². The number of carbonyl (C=O) groups excluding carboxylic acids is 1. The van der Waals surface area contributed by atoms with Gasteiger partial charge in [0.05, 0.1) is 23.9 Å². The maximum atomic E-state index is 12.4. The van der Waals surface area contributed by atoms with Crippen molar-refractivity contribution in [3.8, 4) is 5.75 Å². The predicted molar refractivity (Wildman–Crippen MR) is 95.9 cm³/mol. The quantitative estimate of drug-likeness (QED) is 0.888. The van der Waals surface area contributed by atoms with Gasteiger partial charge in [-0.25, -0.2) is 0 Å². The first-order valence-electron chi connectivity index (χ1n) is 8.05. The number of benzene rings is 2. The highest BCUT2D eigenvalue weighted by Crippen LogP contribution is 2.47. The summed E-state index contributed by atoms with van der Waals surface area (Å²) in [5.41, 5.74) is 4.75. The Bertz CT molecular complexity index is 827. The summed E-state index contributed by atoms with van der Waals surface area (Å²) in [6.07, 6.45) is 0.0116. The number of likely N-dealkylation sites (N-methyl/N-ethyl adjacent to an activating group) is 1. The third kappa shape index (κ3) is 1.97. The van der Waals surface area contributed by atoms with Crippen LogP contribution in [0.2, 0.25) is 0 Å². The van der Waals surface area contributed by atoms with E-state index in [1.807, 2.05) is 45.2 Å². The number of nitrogens with one attached hydrogen (secondary N) is 2. The van der Waals surface area contributed by atoms with Crippen LogP contribution in [0.5, 0.6) is 5.75 Å². The first-order valence-corrected chi connectivity index (χ1v) is 8.05. The van der Waals surface area contributed by atoms with Crippen LogP contribution in [-0.4, -0.2) is 20.1 Å². The molecule has 5 heteroatoms. The second-order valence-corrected chi connectivity index (χ2v) is 6.90. The van der Waals surface area contributed by atoms with Crippen molar-refractivity contribution in [3.05, 3.63) is 47.5 Å². The minimum absolute atomic E-state index is 0.0116. The normalized spacial score (nSPS) is 20.2. The second kappa shape index (κ2) is 4.90. The van der Waals surface area contributed by atoms with E-state index in [-0.39, 0.29) is 12.1 Å². The number of anilines is 3. The second-order valence-electron chi connectivity index (χ2n) is 6.90. The van der Waals surface area contributed by atoms with Gasteiger partial charge in [0.1, 0.15) is 11.9 Å². The average Bonchev–Trinajstić information content (AvgIpc) is 3.08. The van der Waals surface area contributed by atoms with Gasteiger partial charge in [-0.05, 0) is 49.2 Å². The molecule has 0 saturated heterocycles. The third-order valence-corrected chi connectivity index (χ3v) is 5.06. The minimum Gasteiger partial charge on any atom is -0.497 e. The van der Waals surface area contributed by atoms with Gasteiger partial charge >= 0.3 is 0 Å². The van der Waals surface area contributed by atoms with Crippen molar-refractivity contribution in [1.29, 1.82) is 0 Å². The minimum atomic E-state index is -0.487. The summed E-state index contributed by atoms with van der Waals surface area (Å²) in [7, 11) is 3.50. The lowest BCUT2D eigenvalue weighted by Crippen LogP contribution is -2.33. The van der Waals surface area contributed by atoms with Crippen LogP contribution < -0.4 is 20.3 Å². The molecular formula is C19H21N3O2. The summed E-state index contributed by atoms with van der Waals surface area (Å²) in [6.45, 7) is 3.96. The number of amides is 1. The number of hydrogen-bond donors (Lipinski definition) is 2. The lowest BCUT2D eigenvalue weighted by Gasteiger charge is -2.17. The number of rotatable bonds is 2. The van der Waals surface area contributed by atoms with E-state index in [2.05, 4.69) is 22.8 Å². The van der Waals surface area contributed by atoms with Gasteiger partial charge in [-0.1, -0.05) is 12.1 Å². The molecule has 0 saturated carbocycles. The van der Waals surface area contributed by atoms with Crippen LogP contribution >= 0.6 is 0 Å². The van der Waals surface area contributed by atoms with E-state index in [0.29, 0.717) is 0 Å². The van der Waals surface area contributed by atoms with Crippen molar-refractivity contribution < 1.29 is 9.53 Å². The highest BCUT2D eigenvalue weighted by molar-refractivity contribution is 6.08. The molecule has 1 amide bonds. The van der Waals surface area contributed by atoms with Gasteiger partial charge in [-0.3, -0.25) is 4.79 Å². The first kappa shape index (κ1) is 14.9. The molecule has 5 nitrogen and oxygen atoms in total. The van der Waals surface area contributed by atoms with Crippen LogP contribution in [0.1, 0.15) is 31.1 Å². The van der Waals surface area contributed by atoms with Crippen LogP contribution in [0.4, 0.5) is 17.1 Å². The third-order valence-electron chi connectivity index (χ3n) is 5.06. The molecule has 0 radical (unpaired) electrons. The molecule has 0 fully saturated rings. The Morgan fingerprint density at radius 1 is 1.08 bits per heavy atom. The van der Waals surface area contributed by atoms with Crippen molar-refractivity contribution >= 4 is 23.0 Å². The maximum absolute atomic E-state index is 12.4. The molecule has 2 aromatic carbocycles. The van der Waals surface area contributed by atoms with Crippen molar-refractivity contribution in [1.82, 2.24) is 0 Å². The van der Waals surface area contributed by atoms with Crippen LogP contribution in [0.3, 0.4) is 0 Å². The van der Waals surface area contributed by atoms with Crippen LogP contribution in [0.15, 0.2) is 36.4 Å². The summed E-state index contributed by atoms with van der Waals surface area (Å²) in [5, 5.41) is 6.99. The zero-order valence-corrected chi connectivity index (χ0v) is 14.3. The number of carbonyl (C=O) groups is 1. The van der Waals surface area contributed by atoms with E-state index in [1.165, 1.54) is 0 Å². The van der Waals surface area contributed by atoms with Gasteiger partial charge in [0.2, 0.25) is 5.91 Å². The molecule has 124 valence electrons. The average molecular weight is 323 g/mol. The smallest absolute Gasteiger partial charge is 0.236 e. The van der Waals surface area contributed by atoms with E-state index in [4.69, 9.17) is 4.74 Å². The number of ether oxygens (including phenoxy) is 1. The summed E-state index contributed by atoms with van der Waals surface area (Å²) >= 11 is 0. The van der Waals surface area contributed by atoms with Crippen molar-refractivity contribution in [2.75, 3.05) is 29.7 Å². The monoisotopic (exact) mass is 323 g/mol. The topological polar surface area (TPSA) is 53.6 Å². The van der Waals surface area contributed by atoms with Crippen LogP contribution in [0, 0.1) is 0 Å². The Hall–Kier alpha value is -2.69. The number of fused-ring (bicyclic) bond motifs is 2. The molecule has 24 heavy (non-hydrogen) atoms. The molecular weight excluding hydrogens is 302 g/mol. The molecule has 2 heterocycles. The Balaban J connectivity index is 1.68. The number of methoxy groups -OCH3 is 1. The predicted octanol–water partition coefficient (Wildman–Crippen LogP) is 3.49. The maximum Gasteiger partial charge on any atom is 0.236 e. The molecule has 2 N–H and O–H groups in total. The van der Waals surface area contributed by atoms with Crippen molar-refractivity contribution in [3.63, 3.8) is 0 Å². The lowest BCUT2D eigenvalue weighted by atomic mass is 9.86. The van der Waals surface area contributed by atoms with Gasteiger partial charge in [-0.2, -0.15) is 0 Å².